The Kier molecular flexibility index (Phi) is 4.19. The summed E-state index contributed by atoms with van der Waals surface area (Å²) in [4.78, 5) is 10.9. The van der Waals surface area contributed by atoms with Gasteiger partial charge in [-0.05, 0) is 49.2 Å². The Balaban J connectivity index is 1.49. The van der Waals surface area contributed by atoms with E-state index in [4.69, 9.17) is 4.98 Å². The van der Waals surface area contributed by atoms with Crippen LogP contribution < -0.4 is 0 Å². The van der Waals surface area contributed by atoms with Crippen LogP contribution >= 0.6 is 15.9 Å². The first-order chi connectivity index (χ1) is 11.3. The van der Waals surface area contributed by atoms with Crippen molar-refractivity contribution in [2.24, 2.45) is 0 Å². The lowest BCUT2D eigenvalue weighted by molar-refractivity contribution is 0.197. The van der Waals surface area contributed by atoms with Crippen LogP contribution in [0.25, 0.3) is 11.0 Å². The quantitative estimate of drug-likeness (QED) is 0.725. The average Bonchev–Trinajstić information content (AvgIpc) is 3.01. The second-order valence-electron chi connectivity index (χ2n) is 6.34. The minimum atomic E-state index is 0.506. The Morgan fingerprint density at radius 1 is 1.13 bits per heavy atom. The summed E-state index contributed by atoms with van der Waals surface area (Å²) in [5.74, 6) is 1.65. The molecule has 23 heavy (non-hydrogen) atoms. The van der Waals surface area contributed by atoms with Gasteiger partial charge < -0.3 is 4.98 Å². The SMILES string of the molecule is Brc1ccc(CN2CCCC(c3nc4ccccc4[nH]3)C2)cc1. The van der Waals surface area contributed by atoms with E-state index in [1.54, 1.807) is 0 Å². The molecule has 4 rings (SSSR count). The van der Waals surface area contributed by atoms with Gasteiger partial charge >= 0.3 is 0 Å². The number of aromatic nitrogens is 2. The molecule has 1 aliphatic heterocycles. The number of piperidine rings is 1. The maximum absolute atomic E-state index is 4.80. The molecule has 1 N–H and O–H groups in total. The third-order valence-corrected chi connectivity index (χ3v) is 5.15. The highest BCUT2D eigenvalue weighted by molar-refractivity contribution is 9.10. The molecular formula is C19H20BrN3. The van der Waals surface area contributed by atoms with Gasteiger partial charge in [0.1, 0.15) is 5.82 Å². The summed E-state index contributed by atoms with van der Waals surface area (Å²) >= 11 is 3.50. The van der Waals surface area contributed by atoms with Crippen molar-refractivity contribution in [1.29, 1.82) is 0 Å². The Labute approximate surface area is 144 Å². The van der Waals surface area contributed by atoms with Crippen molar-refractivity contribution in [2.75, 3.05) is 13.1 Å². The van der Waals surface area contributed by atoms with Gasteiger partial charge in [-0.25, -0.2) is 4.98 Å². The molecule has 3 aromatic rings. The number of aromatic amines is 1. The monoisotopic (exact) mass is 369 g/mol. The van der Waals surface area contributed by atoms with Crippen LogP contribution in [-0.4, -0.2) is 28.0 Å². The van der Waals surface area contributed by atoms with Crippen LogP contribution in [0.15, 0.2) is 53.0 Å². The fourth-order valence-corrected chi connectivity index (χ4v) is 3.70. The molecule has 0 bridgehead atoms. The van der Waals surface area contributed by atoms with Gasteiger partial charge in [0.2, 0.25) is 0 Å². The minimum Gasteiger partial charge on any atom is -0.342 e. The van der Waals surface area contributed by atoms with Gasteiger partial charge in [-0.1, -0.05) is 40.2 Å². The number of hydrogen-bond donors (Lipinski definition) is 1. The number of imidazole rings is 1. The smallest absolute Gasteiger partial charge is 0.111 e. The van der Waals surface area contributed by atoms with Crippen molar-refractivity contribution >= 4 is 27.0 Å². The number of para-hydroxylation sites is 2. The fourth-order valence-electron chi connectivity index (χ4n) is 3.44. The van der Waals surface area contributed by atoms with E-state index in [1.807, 2.05) is 6.07 Å². The van der Waals surface area contributed by atoms with Gasteiger partial charge in [0.05, 0.1) is 11.0 Å². The van der Waals surface area contributed by atoms with Crippen molar-refractivity contribution in [3.8, 4) is 0 Å². The van der Waals surface area contributed by atoms with Crippen LogP contribution in [0.2, 0.25) is 0 Å². The summed E-state index contributed by atoms with van der Waals surface area (Å²) < 4.78 is 1.14. The zero-order chi connectivity index (χ0) is 15.6. The number of benzene rings is 2. The second-order valence-corrected chi connectivity index (χ2v) is 7.26. The van der Waals surface area contributed by atoms with Crippen LogP contribution in [0.1, 0.15) is 30.1 Å². The van der Waals surface area contributed by atoms with E-state index in [2.05, 4.69) is 68.3 Å². The van der Waals surface area contributed by atoms with E-state index in [0.717, 1.165) is 34.4 Å². The third-order valence-electron chi connectivity index (χ3n) is 4.62. The van der Waals surface area contributed by atoms with Crippen LogP contribution in [0.4, 0.5) is 0 Å². The Bertz CT molecular complexity index is 761. The van der Waals surface area contributed by atoms with Crippen molar-refractivity contribution in [3.05, 3.63) is 64.4 Å². The van der Waals surface area contributed by atoms with Gasteiger partial charge in [-0.15, -0.1) is 0 Å². The minimum absolute atomic E-state index is 0.506. The number of halogens is 1. The van der Waals surface area contributed by atoms with E-state index in [0.29, 0.717) is 5.92 Å². The molecule has 0 amide bonds. The lowest BCUT2D eigenvalue weighted by atomic mass is 9.97. The molecule has 2 aromatic carbocycles. The number of nitrogens with one attached hydrogen (secondary N) is 1. The van der Waals surface area contributed by atoms with Crippen molar-refractivity contribution < 1.29 is 0 Å². The normalized spacial score (nSPS) is 19.3. The van der Waals surface area contributed by atoms with Gasteiger partial charge in [-0.2, -0.15) is 0 Å². The molecule has 1 aromatic heterocycles. The molecule has 0 aliphatic carbocycles. The first kappa shape index (κ1) is 14.9. The Hall–Kier alpha value is -1.65. The summed E-state index contributed by atoms with van der Waals surface area (Å²) in [5.41, 5.74) is 3.60. The van der Waals surface area contributed by atoms with Crippen LogP contribution in [0.5, 0.6) is 0 Å². The molecule has 3 nitrogen and oxygen atoms in total. The molecule has 1 fully saturated rings. The van der Waals surface area contributed by atoms with E-state index < -0.39 is 0 Å². The average molecular weight is 370 g/mol. The largest absolute Gasteiger partial charge is 0.342 e. The maximum Gasteiger partial charge on any atom is 0.111 e. The molecule has 0 saturated carbocycles. The molecular weight excluding hydrogens is 350 g/mol. The topological polar surface area (TPSA) is 31.9 Å². The number of likely N-dealkylation sites (tertiary alicyclic amines) is 1. The van der Waals surface area contributed by atoms with Crippen LogP contribution in [-0.2, 0) is 6.54 Å². The van der Waals surface area contributed by atoms with E-state index in [9.17, 15) is 0 Å². The predicted molar refractivity (Wildman–Crippen MR) is 97.5 cm³/mol. The second kappa shape index (κ2) is 6.46. The summed E-state index contributed by atoms with van der Waals surface area (Å²) in [6, 6.07) is 16.9. The molecule has 1 saturated heterocycles. The highest BCUT2D eigenvalue weighted by Gasteiger charge is 2.23. The number of rotatable bonds is 3. The first-order valence-electron chi connectivity index (χ1n) is 8.19. The van der Waals surface area contributed by atoms with Gasteiger partial charge in [0.15, 0.2) is 0 Å². The zero-order valence-electron chi connectivity index (χ0n) is 13.0. The highest BCUT2D eigenvalue weighted by Crippen LogP contribution is 2.27. The molecule has 1 aliphatic rings. The third kappa shape index (κ3) is 3.33. The van der Waals surface area contributed by atoms with E-state index in [1.165, 1.54) is 24.9 Å². The lowest BCUT2D eigenvalue weighted by Gasteiger charge is -2.31. The fraction of sp³-hybridized carbons (Fsp3) is 0.316. The number of fused-ring (bicyclic) bond motifs is 1. The zero-order valence-corrected chi connectivity index (χ0v) is 14.6. The lowest BCUT2D eigenvalue weighted by Crippen LogP contribution is -2.34. The van der Waals surface area contributed by atoms with Gasteiger partial charge in [0.25, 0.3) is 0 Å². The molecule has 1 atom stereocenters. The summed E-state index contributed by atoms with van der Waals surface area (Å²) in [6.07, 6.45) is 2.45. The number of hydrogen-bond acceptors (Lipinski definition) is 2. The van der Waals surface area contributed by atoms with Gasteiger partial charge in [-0.3, -0.25) is 4.90 Å². The first-order valence-corrected chi connectivity index (χ1v) is 8.99. The van der Waals surface area contributed by atoms with Crippen LogP contribution in [0.3, 0.4) is 0 Å². The van der Waals surface area contributed by atoms with E-state index >= 15 is 0 Å². The number of H-pyrrole nitrogens is 1. The van der Waals surface area contributed by atoms with Gasteiger partial charge in [0, 0.05) is 23.5 Å². The molecule has 1 unspecified atom stereocenters. The predicted octanol–water partition coefficient (Wildman–Crippen LogP) is 4.71. The standard InChI is InChI=1S/C19H20BrN3/c20-16-9-7-14(8-10-16)12-23-11-3-4-15(13-23)19-21-17-5-1-2-6-18(17)22-19/h1-2,5-10,15H,3-4,11-13H2,(H,21,22). The molecule has 2 heterocycles. The molecule has 118 valence electrons. The Morgan fingerprint density at radius 2 is 1.96 bits per heavy atom. The van der Waals surface area contributed by atoms with Crippen molar-refractivity contribution in [3.63, 3.8) is 0 Å². The number of nitrogens with zero attached hydrogens (tertiary/aromatic N) is 2. The summed E-state index contributed by atoms with van der Waals surface area (Å²) in [6.45, 7) is 3.27. The van der Waals surface area contributed by atoms with Crippen molar-refractivity contribution in [1.82, 2.24) is 14.9 Å². The molecule has 0 spiro atoms. The molecule has 4 heteroatoms. The molecule has 0 radical (unpaired) electrons. The van der Waals surface area contributed by atoms with E-state index in [-0.39, 0.29) is 0 Å². The van der Waals surface area contributed by atoms with Crippen molar-refractivity contribution in [2.45, 2.75) is 25.3 Å². The summed E-state index contributed by atoms with van der Waals surface area (Å²) in [5, 5.41) is 0. The maximum atomic E-state index is 4.80. The van der Waals surface area contributed by atoms with Crippen LogP contribution in [0, 0.1) is 0 Å². The highest BCUT2D eigenvalue weighted by atomic mass is 79.9. The summed E-state index contributed by atoms with van der Waals surface area (Å²) in [7, 11) is 0. The Morgan fingerprint density at radius 3 is 2.78 bits per heavy atom.